The molecule has 0 aliphatic rings. The van der Waals surface area contributed by atoms with Crippen LogP contribution in [0.2, 0.25) is 0 Å². The number of hydrogen-bond acceptors (Lipinski definition) is 2. The Morgan fingerprint density at radius 3 is 2.28 bits per heavy atom. The molecule has 0 heterocycles. The van der Waals surface area contributed by atoms with Gasteiger partial charge < -0.3 is 16.0 Å². The minimum atomic E-state index is -0.229. The van der Waals surface area contributed by atoms with Crippen molar-refractivity contribution in [1.29, 1.82) is 0 Å². The average molecular weight is 339 g/mol. The zero-order chi connectivity index (χ0) is 18.4. The van der Waals surface area contributed by atoms with Crippen molar-refractivity contribution in [3.8, 4) is 0 Å². The van der Waals surface area contributed by atoms with Crippen LogP contribution < -0.4 is 16.0 Å². The standard InChI is InChI=1S/C20H25N3O2/c1-13-8-5-6-11-19(13)15(3)22-20(25)21-14(2)17-9-7-10-18(12-17)23-16(4)24/h5-12,14-15H,1-4H3,(H,23,24)(H2,21,22,25)/t14-,15+/m1/s1. The molecule has 2 atom stereocenters. The topological polar surface area (TPSA) is 70.2 Å². The van der Waals surface area contributed by atoms with Crippen molar-refractivity contribution in [3.63, 3.8) is 0 Å². The Morgan fingerprint density at radius 2 is 1.60 bits per heavy atom. The van der Waals surface area contributed by atoms with E-state index in [0.29, 0.717) is 5.69 Å². The molecule has 25 heavy (non-hydrogen) atoms. The summed E-state index contributed by atoms with van der Waals surface area (Å²) in [5.41, 5.74) is 3.88. The zero-order valence-electron chi connectivity index (χ0n) is 15.1. The minimum absolute atomic E-state index is 0.0842. The SMILES string of the molecule is CC(=O)Nc1cccc([C@@H](C)NC(=O)N[C@@H](C)c2ccccc2C)c1. The maximum absolute atomic E-state index is 12.3. The number of hydrogen-bond donors (Lipinski definition) is 3. The van der Waals surface area contributed by atoms with Crippen molar-refractivity contribution in [2.24, 2.45) is 0 Å². The Bertz CT molecular complexity index is 758. The fourth-order valence-electron chi connectivity index (χ4n) is 2.76. The summed E-state index contributed by atoms with van der Waals surface area (Å²) < 4.78 is 0. The van der Waals surface area contributed by atoms with Gasteiger partial charge in [-0.2, -0.15) is 0 Å². The monoisotopic (exact) mass is 339 g/mol. The van der Waals surface area contributed by atoms with Crippen LogP contribution in [0.5, 0.6) is 0 Å². The Kier molecular flexibility index (Phi) is 6.17. The smallest absolute Gasteiger partial charge is 0.315 e. The van der Waals surface area contributed by atoms with E-state index in [-0.39, 0.29) is 24.0 Å². The van der Waals surface area contributed by atoms with E-state index in [1.54, 1.807) is 0 Å². The fraction of sp³-hybridized carbons (Fsp3) is 0.300. The normalized spacial score (nSPS) is 12.8. The van der Waals surface area contributed by atoms with Gasteiger partial charge in [0.2, 0.25) is 5.91 Å². The van der Waals surface area contributed by atoms with Crippen LogP contribution in [-0.4, -0.2) is 11.9 Å². The summed E-state index contributed by atoms with van der Waals surface area (Å²) >= 11 is 0. The molecule has 0 saturated heterocycles. The lowest BCUT2D eigenvalue weighted by Gasteiger charge is -2.20. The summed E-state index contributed by atoms with van der Waals surface area (Å²) in [7, 11) is 0. The quantitative estimate of drug-likeness (QED) is 0.768. The molecule has 0 radical (unpaired) electrons. The fourth-order valence-corrected chi connectivity index (χ4v) is 2.76. The van der Waals surface area contributed by atoms with Gasteiger partial charge in [0.25, 0.3) is 0 Å². The van der Waals surface area contributed by atoms with Gasteiger partial charge in [-0.25, -0.2) is 4.79 Å². The molecule has 0 bridgehead atoms. The lowest BCUT2D eigenvalue weighted by Crippen LogP contribution is -2.38. The number of carbonyl (C=O) groups is 2. The molecule has 2 aromatic rings. The molecule has 0 unspecified atom stereocenters. The first kappa shape index (κ1) is 18.5. The summed E-state index contributed by atoms with van der Waals surface area (Å²) in [4.78, 5) is 23.5. The van der Waals surface area contributed by atoms with E-state index >= 15 is 0 Å². The number of carbonyl (C=O) groups excluding carboxylic acids is 2. The van der Waals surface area contributed by atoms with Gasteiger partial charge in [-0.1, -0.05) is 36.4 Å². The van der Waals surface area contributed by atoms with Gasteiger partial charge >= 0.3 is 6.03 Å². The molecule has 3 amide bonds. The first-order valence-corrected chi connectivity index (χ1v) is 8.37. The minimum Gasteiger partial charge on any atom is -0.332 e. The van der Waals surface area contributed by atoms with Crippen molar-refractivity contribution in [2.45, 2.75) is 39.8 Å². The molecule has 0 aliphatic heterocycles. The summed E-state index contributed by atoms with van der Waals surface area (Å²) in [6, 6.07) is 14.9. The van der Waals surface area contributed by atoms with Crippen molar-refractivity contribution in [1.82, 2.24) is 10.6 Å². The maximum Gasteiger partial charge on any atom is 0.315 e. The predicted molar refractivity (Wildman–Crippen MR) is 100 cm³/mol. The van der Waals surface area contributed by atoms with Crippen molar-refractivity contribution < 1.29 is 9.59 Å². The molecule has 0 saturated carbocycles. The maximum atomic E-state index is 12.3. The summed E-state index contributed by atoms with van der Waals surface area (Å²) in [5.74, 6) is -0.123. The molecular formula is C20H25N3O2. The van der Waals surface area contributed by atoms with Gasteiger partial charge in [-0.05, 0) is 49.6 Å². The molecule has 0 fully saturated rings. The van der Waals surface area contributed by atoms with E-state index in [2.05, 4.69) is 16.0 Å². The first-order chi connectivity index (χ1) is 11.9. The zero-order valence-corrected chi connectivity index (χ0v) is 15.1. The van der Waals surface area contributed by atoms with Gasteiger partial charge in [-0.15, -0.1) is 0 Å². The highest BCUT2D eigenvalue weighted by molar-refractivity contribution is 5.88. The second-order valence-corrected chi connectivity index (χ2v) is 6.22. The van der Waals surface area contributed by atoms with E-state index in [0.717, 1.165) is 16.7 Å². The van der Waals surface area contributed by atoms with Crippen molar-refractivity contribution >= 4 is 17.6 Å². The summed E-state index contributed by atoms with van der Waals surface area (Å²) in [6.45, 7) is 7.37. The third-order valence-electron chi connectivity index (χ3n) is 4.06. The Labute approximate surface area is 148 Å². The van der Waals surface area contributed by atoms with Crippen LogP contribution in [0.3, 0.4) is 0 Å². The molecule has 132 valence electrons. The van der Waals surface area contributed by atoms with E-state index in [1.165, 1.54) is 6.92 Å². The third kappa shape index (κ3) is 5.35. The number of benzene rings is 2. The average Bonchev–Trinajstić information content (AvgIpc) is 2.54. The molecule has 0 aliphatic carbocycles. The number of anilines is 1. The van der Waals surface area contributed by atoms with Crippen LogP contribution in [-0.2, 0) is 4.79 Å². The largest absolute Gasteiger partial charge is 0.332 e. The summed E-state index contributed by atoms with van der Waals surface area (Å²) in [6.07, 6.45) is 0. The van der Waals surface area contributed by atoms with E-state index < -0.39 is 0 Å². The van der Waals surface area contributed by atoms with Crippen LogP contribution in [0, 0.1) is 6.92 Å². The molecule has 3 N–H and O–H groups in total. The van der Waals surface area contributed by atoms with Gasteiger partial charge in [-0.3, -0.25) is 4.79 Å². The Morgan fingerprint density at radius 1 is 0.920 bits per heavy atom. The van der Waals surface area contributed by atoms with Gasteiger partial charge in [0.15, 0.2) is 0 Å². The molecule has 2 aromatic carbocycles. The predicted octanol–water partition coefficient (Wildman–Crippen LogP) is 4.07. The lowest BCUT2D eigenvalue weighted by atomic mass is 10.0. The highest BCUT2D eigenvalue weighted by atomic mass is 16.2. The van der Waals surface area contributed by atoms with Gasteiger partial charge in [0, 0.05) is 12.6 Å². The highest BCUT2D eigenvalue weighted by Gasteiger charge is 2.14. The van der Waals surface area contributed by atoms with Crippen LogP contribution in [0.25, 0.3) is 0 Å². The Hall–Kier alpha value is -2.82. The second kappa shape index (κ2) is 8.33. The van der Waals surface area contributed by atoms with E-state index in [9.17, 15) is 9.59 Å². The van der Waals surface area contributed by atoms with Gasteiger partial charge in [0.1, 0.15) is 0 Å². The van der Waals surface area contributed by atoms with E-state index in [1.807, 2.05) is 69.3 Å². The number of amides is 3. The molecule has 0 spiro atoms. The Balaban J connectivity index is 1.98. The molecule has 5 heteroatoms. The lowest BCUT2D eigenvalue weighted by molar-refractivity contribution is -0.114. The third-order valence-corrected chi connectivity index (χ3v) is 4.06. The molecule has 5 nitrogen and oxygen atoms in total. The molecular weight excluding hydrogens is 314 g/mol. The summed E-state index contributed by atoms with van der Waals surface area (Å²) in [5, 5.41) is 8.64. The van der Waals surface area contributed by atoms with Crippen LogP contribution >= 0.6 is 0 Å². The first-order valence-electron chi connectivity index (χ1n) is 8.37. The number of nitrogens with one attached hydrogen (secondary N) is 3. The number of rotatable bonds is 5. The van der Waals surface area contributed by atoms with Gasteiger partial charge in [0.05, 0.1) is 12.1 Å². The second-order valence-electron chi connectivity index (χ2n) is 6.22. The van der Waals surface area contributed by atoms with Crippen LogP contribution in [0.15, 0.2) is 48.5 Å². The number of aryl methyl sites for hydroxylation is 1. The molecule has 2 rings (SSSR count). The van der Waals surface area contributed by atoms with Crippen LogP contribution in [0.1, 0.15) is 49.5 Å². The molecule has 0 aromatic heterocycles. The van der Waals surface area contributed by atoms with Crippen molar-refractivity contribution in [3.05, 3.63) is 65.2 Å². The number of urea groups is 1. The van der Waals surface area contributed by atoms with Crippen molar-refractivity contribution in [2.75, 3.05) is 5.32 Å². The van der Waals surface area contributed by atoms with Crippen LogP contribution in [0.4, 0.5) is 10.5 Å². The highest BCUT2D eigenvalue weighted by Crippen LogP contribution is 2.19. The van der Waals surface area contributed by atoms with E-state index in [4.69, 9.17) is 0 Å².